The molecule has 0 aromatic rings. The molecule has 34 heteroatoms. The number of Topliss-reactive ketones (excluding diaryl/α,β-unsaturated/α-hetero) is 1. The number of hydrogen-bond acceptors (Lipinski definition) is 26. The molecule has 472 valence electrons. The fourth-order valence-electron chi connectivity index (χ4n) is 7.06. The standard InChI is InChI=1S/C48H82N6O24S4/c1-2-3-6-27(7-10-37(64)50-21-33(60)41(69)43(71)35(62)23-56)45(73)52-29(9-12-40(67)68)32(59)19-28(8-11-38(65)51-22-34(61)42(70)44(72)36(63)24-57)46(74)53-30(20-49-39(66)13-17-80-79-16-5-4-14-55)47(75)54-31(48(76)77)25-82-81-18-15-78-26-58/h14,26-31,33-36,41-44,56-57,60-63,69-72H,2-13,15-25H2,1H3,(H,49,66)(H,50,64)(H,51,65)(H,52,73)(H,53,74)(H,54,75)(H,67,68)(H,76,77)/t27-,28+,29-,30-,31-,33-,34-,35+,36+,41+,42+,43+,44+/m0/s1. The van der Waals surface area contributed by atoms with Gasteiger partial charge in [-0.3, -0.25) is 43.2 Å². The van der Waals surface area contributed by atoms with Crippen LogP contribution in [0.1, 0.15) is 90.4 Å². The van der Waals surface area contributed by atoms with Gasteiger partial charge in [-0.15, -0.1) is 0 Å². The number of carboxylic acids is 2. The minimum atomic E-state index is -2.08. The van der Waals surface area contributed by atoms with Crippen molar-refractivity contribution in [2.24, 2.45) is 11.8 Å². The molecule has 0 spiro atoms. The van der Waals surface area contributed by atoms with E-state index in [0.717, 1.165) is 27.9 Å². The molecule has 6 amide bonds. The van der Waals surface area contributed by atoms with E-state index in [1.165, 1.54) is 21.6 Å². The first-order valence-corrected chi connectivity index (χ1v) is 31.2. The Hall–Kier alpha value is -4.43. The first kappa shape index (κ1) is 77.6. The molecule has 0 aromatic carbocycles. The predicted octanol–water partition coefficient (Wildman–Crippen LogP) is -5.14. The van der Waals surface area contributed by atoms with Gasteiger partial charge in [0, 0.05) is 93.0 Å². The van der Waals surface area contributed by atoms with E-state index in [-0.39, 0.29) is 56.0 Å². The van der Waals surface area contributed by atoms with Crippen LogP contribution in [0.2, 0.25) is 0 Å². The third-order valence-electron chi connectivity index (χ3n) is 12.0. The molecule has 82 heavy (non-hydrogen) atoms. The number of amides is 6. The molecule has 0 heterocycles. The summed E-state index contributed by atoms with van der Waals surface area (Å²) in [5.41, 5.74) is 0. The molecule has 0 radical (unpaired) electrons. The topological polar surface area (TPSA) is 512 Å². The van der Waals surface area contributed by atoms with Crippen molar-refractivity contribution in [2.75, 3.05) is 62.5 Å². The number of aldehydes is 1. The quantitative estimate of drug-likeness (QED) is 0.0154. The van der Waals surface area contributed by atoms with E-state index in [4.69, 9.17) is 10.2 Å². The minimum Gasteiger partial charge on any atom is -0.481 e. The van der Waals surface area contributed by atoms with Crippen LogP contribution in [0.5, 0.6) is 0 Å². The Morgan fingerprint density at radius 2 is 1.00 bits per heavy atom. The number of aliphatic hydroxyl groups is 10. The molecule has 18 N–H and O–H groups in total. The molecule has 0 aromatic heterocycles. The normalized spacial score (nSPS) is 16.1. The van der Waals surface area contributed by atoms with Crippen LogP contribution < -0.4 is 31.9 Å². The van der Waals surface area contributed by atoms with Crippen molar-refractivity contribution in [2.45, 2.75) is 157 Å². The van der Waals surface area contributed by atoms with Gasteiger partial charge in [-0.05, 0) is 32.1 Å². The summed E-state index contributed by atoms with van der Waals surface area (Å²) in [5, 5.41) is 132. The Morgan fingerprint density at radius 3 is 1.52 bits per heavy atom. The maximum absolute atomic E-state index is 14.4. The minimum absolute atomic E-state index is 0.00267. The molecule has 0 aliphatic rings. The van der Waals surface area contributed by atoms with E-state index in [1.807, 2.05) is 0 Å². The van der Waals surface area contributed by atoms with Gasteiger partial charge in [0.05, 0.1) is 31.5 Å². The predicted molar refractivity (Wildman–Crippen MR) is 298 cm³/mol. The summed E-state index contributed by atoms with van der Waals surface area (Å²) in [4.78, 5) is 141. The largest absolute Gasteiger partial charge is 0.481 e. The lowest BCUT2D eigenvalue weighted by atomic mass is 9.90. The zero-order valence-electron chi connectivity index (χ0n) is 45.3. The van der Waals surface area contributed by atoms with Crippen molar-refractivity contribution in [3.05, 3.63) is 0 Å². The second kappa shape index (κ2) is 45.9. The Labute approximate surface area is 489 Å². The highest BCUT2D eigenvalue weighted by molar-refractivity contribution is 8.77. The maximum atomic E-state index is 14.4. The molecule has 0 saturated carbocycles. The molecule has 0 rings (SSSR count). The number of hydrogen-bond donors (Lipinski definition) is 18. The molecule has 0 fully saturated rings. The van der Waals surface area contributed by atoms with Gasteiger partial charge in [0.15, 0.2) is 5.78 Å². The van der Waals surface area contributed by atoms with Crippen LogP contribution in [-0.2, 0) is 57.5 Å². The van der Waals surface area contributed by atoms with Crippen molar-refractivity contribution < 1.29 is 119 Å². The number of nitrogens with one attached hydrogen (secondary N) is 6. The second-order valence-electron chi connectivity index (χ2n) is 18.5. The zero-order valence-corrected chi connectivity index (χ0v) is 48.6. The van der Waals surface area contributed by atoms with Crippen molar-refractivity contribution in [3.8, 4) is 0 Å². The first-order valence-electron chi connectivity index (χ1n) is 26.2. The highest BCUT2D eigenvalue weighted by atomic mass is 33.1. The molecule has 0 unspecified atom stereocenters. The van der Waals surface area contributed by atoms with Gasteiger partial charge in [-0.2, -0.15) is 0 Å². The number of ketones is 1. The summed E-state index contributed by atoms with van der Waals surface area (Å²) in [5.74, 6) is -11.0. The van der Waals surface area contributed by atoms with Crippen LogP contribution in [0.25, 0.3) is 0 Å². The van der Waals surface area contributed by atoms with Gasteiger partial charge in [-0.1, -0.05) is 62.9 Å². The van der Waals surface area contributed by atoms with E-state index in [9.17, 15) is 104 Å². The van der Waals surface area contributed by atoms with Gasteiger partial charge in [0.25, 0.3) is 6.47 Å². The number of rotatable bonds is 51. The van der Waals surface area contributed by atoms with Crippen LogP contribution in [0.3, 0.4) is 0 Å². The number of aliphatic carboxylic acids is 2. The van der Waals surface area contributed by atoms with Crippen LogP contribution in [0.15, 0.2) is 0 Å². The van der Waals surface area contributed by atoms with Crippen molar-refractivity contribution in [3.63, 3.8) is 0 Å². The van der Waals surface area contributed by atoms with Crippen molar-refractivity contribution >= 4 is 109 Å². The number of carbonyl (C=O) groups excluding carboxylic acids is 9. The number of ether oxygens (including phenoxy) is 1. The van der Waals surface area contributed by atoms with Crippen LogP contribution >= 0.6 is 43.2 Å². The lowest BCUT2D eigenvalue weighted by Gasteiger charge is -2.26. The van der Waals surface area contributed by atoms with Crippen molar-refractivity contribution in [1.82, 2.24) is 31.9 Å². The molecule has 0 aliphatic carbocycles. The number of unbranched alkanes of at least 4 members (excludes halogenated alkanes) is 2. The number of carbonyl (C=O) groups is 11. The average Bonchev–Trinajstić information content (AvgIpc) is 3.45. The summed E-state index contributed by atoms with van der Waals surface area (Å²) < 4.78 is 4.60. The first-order chi connectivity index (χ1) is 38.9. The molecular weight excluding hydrogens is 1170 g/mol. The molecule has 13 atom stereocenters. The molecule has 0 bridgehead atoms. The van der Waals surface area contributed by atoms with E-state index in [2.05, 4.69) is 36.6 Å². The number of aliphatic hydroxyl groups excluding tert-OH is 10. The van der Waals surface area contributed by atoms with Gasteiger partial charge >= 0.3 is 11.9 Å². The summed E-state index contributed by atoms with van der Waals surface area (Å²) >= 11 is 0. The van der Waals surface area contributed by atoms with E-state index in [0.29, 0.717) is 31.4 Å². The molecule has 0 saturated heterocycles. The smallest absolute Gasteiger partial charge is 0.327 e. The van der Waals surface area contributed by atoms with Gasteiger partial charge < -0.3 is 103 Å². The Morgan fingerprint density at radius 1 is 0.512 bits per heavy atom. The lowest BCUT2D eigenvalue weighted by Crippen LogP contribution is -2.57. The zero-order chi connectivity index (χ0) is 62.2. The Bertz CT molecular complexity index is 1960. The summed E-state index contributed by atoms with van der Waals surface area (Å²) in [7, 11) is 4.84. The SMILES string of the molecule is CCCC[C@@H](CCC(=O)NC[C@H](O)[C@@H](O)[C@H](O)[C@H](O)CO)C(=O)N[C@@H](CCC(=O)O)C(=O)C[C@@H](CCC(=O)NC[C@H](O)[C@@H](O)[C@H](O)[C@H](O)CO)C(=O)N[C@@H](CNC(=O)CCSSCCCC=O)C(=O)N[C@@H](CSSCCOC=O)C(=O)O. The van der Waals surface area contributed by atoms with Gasteiger partial charge in [0.1, 0.15) is 61.6 Å². The monoisotopic (exact) mass is 1250 g/mol. The summed E-state index contributed by atoms with van der Waals surface area (Å²) in [6.45, 7) is -1.95. The Kier molecular flexibility index (Phi) is 43.5. The van der Waals surface area contributed by atoms with Crippen LogP contribution in [0, 0.1) is 11.8 Å². The molecule has 30 nitrogen and oxygen atoms in total. The maximum Gasteiger partial charge on any atom is 0.327 e. The van der Waals surface area contributed by atoms with Crippen LogP contribution in [-0.4, -0.2) is 257 Å². The Balaban J connectivity index is 6.94. The molecule has 0 aliphatic heterocycles. The van der Waals surface area contributed by atoms with E-state index >= 15 is 0 Å². The van der Waals surface area contributed by atoms with Crippen molar-refractivity contribution in [1.29, 1.82) is 0 Å². The van der Waals surface area contributed by atoms with E-state index in [1.54, 1.807) is 6.92 Å². The summed E-state index contributed by atoms with van der Waals surface area (Å²) in [6.07, 6.45) is -16.6. The van der Waals surface area contributed by atoms with Gasteiger partial charge in [0.2, 0.25) is 35.4 Å². The average molecular weight is 1260 g/mol. The van der Waals surface area contributed by atoms with E-state index < -0.39 is 197 Å². The van der Waals surface area contributed by atoms with Crippen LogP contribution in [0.4, 0.5) is 0 Å². The fourth-order valence-corrected chi connectivity index (χ4v) is 11.2. The third kappa shape index (κ3) is 34.4. The second-order valence-corrected chi connectivity index (χ2v) is 23.9. The highest BCUT2D eigenvalue weighted by Gasteiger charge is 2.35. The third-order valence-corrected chi connectivity index (χ3v) is 16.9. The highest BCUT2D eigenvalue weighted by Crippen LogP contribution is 2.24. The molecular formula is C48H82N6O24S4. The van der Waals surface area contributed by atoms with Gasteiger partial charge in [-0.25, -0.2) is 4.79 Å². The summed E-state index contributed by atoms with van der Waals surface area (Å²) in [6, 6.07) is -5.02. The lowest BCUT2D eigenvalue weighted by molar-refractivity contribution is -0.142. The fraction of sp³-hybridized carbons (Fsp3) is 0.771. The number of carboxylic acid groups (broad SMARTS) is 2.